The van der Waals surface area contributed by atoms with Gasteiger partial charge < -0.3 is 10.1 Å². The van der Waals surface area contributed by atoms with Crippen LogP contribution < -0.4 is 5.32 Å². The molecule has 1 amide bonds. The lowest BCUT2D eigenvalue weighted by Crippen LogP contribution is -2.30. The monoisotopic (exact) mass is 335 g/mol. The van der Waals surface area contributed by atoms with Crippen molar-refractivity contribution in [2.24, 2.45) is 0 Å². The predicted octanol–water partition coefficient (Wildman–Crippen LogP) is 3.97. The topological polar surface area (TPSA) is 55.4 Å². The number of rotatable bonds is 4. The van der Waals surface area contributed by atoms with Crippen molar-refractivity contribution in [1.29, 1.82) is 0 Å². The SMILES string of the molecule is Cc1cccc(NC(=O)[C@H](C)OC(=O)c2ccc(Cl)cc2F)c1. The second-order valence-electron chi connectivity index (χ2n) is 5.03. The highest BCUT2D eigenvalue weighted by Gasteiger charge is 2.21. The standard InChI is InChI=1S/C17H15ClFNO3/c1-10-4-3-5-13(8-10)20-16(21)11(2)23-17(22)14-7-6-12(18)9-15(14)19/h3-9,11H,1-2H3,(H,20,21)/t11-/m0/s1. The first-order valence-electron chi connectivity index (χ1n) is 6.90. The highest BCUT2D eigenvalue weighted by molar-refractivity contribution is 6.30. The molecule has 0 heterocycles. The third-order valence-corrected chi connectivity index (χ3v) is 3.32. The lowest BCUT2D eigenvalue weighted by Gasteiger charge is -2.14. The van der Waals surface area contributed by atoms with Gasteiger partial charge in [-0.1, -0.05) is 23.7 Å². The molecule has 0 fully saturated rings. The summed E-state index contributed by atoms with van der Waals surface area (Å²) in [4.78, 5) is 23.9. The minimum Gasteiger partial charge on any atom is -0.449 e. The molecule has 0 saturated carbocycles. The summed E-state index contributed by atoms with van der Waals surface area (Å²) in [5.74, 6) is -2.22. The fourth-order valence-electron chi connectivity index (χ4n) is 1.90. The Kier molecular flexibility index (Phi) is 5.34. The Hall–Kier alpha value is -2.40. The number of amides is 1. The van der Waals surface area contributed by atoms with E-state index in [9.17, 15) is 14.0 Å². The van der Waals surface area contributed by atoms with Crippen molar-refractivity contribution in [1.82, 2.24) is 0 Å². The molecule has 1 atom stereocenters. The first kappa shape index (κ1) is 17.0. The van der Waals surface area contributed by atoms with E-state index in [0.717, 1.165) is 11.6 Å². The maximum absolute atomic E-state index is 13.7. The van der Waals surface area contributed by atoms with Crippen LogP contribution >= 0.6 is 11.6 Å². The summed E-state index contributed by atoms with van der Waals surface area (Å²) in [7, 11) is 0. The third kappa shape index (κ3) is 4.53. The molecule has 0 aliphatic rings. The van der Waals surface area contributed by atoms with Gasteiger partial charge in [-0.3, -0.25) is 4.79 Å². The molecule has 2 rings (SSSR count). The second-order valence-corrected chi connectivity index (χ2v) is 5.47. The summed E-state index contributed by atoms with van der Waals surface area (Å²) < 4.78 is 18.6. The van der Waals surface area contributed by atoms with Crippen LogP contribution in [0.5, 0.6) is 0 Å². The zero-order valence-corrected chi connectivity index (χ0v) is 13.4. The number of hydrogen-bond donors (Lipinski definition) is 1. The highest BCUT2D eigenvalue weighted by atomic mass is 35.5. The van der Waals surface area contributed by atoms with Gasteiger partial charge in [0, 0.05) is 10.7 Å². The Labute approximate surface area is 138 Å². The molecule has 0 aromatic heterocycles. The van der Waals surface area contributed by atoms with Gasteiger partial charge in [-0.2, -0.15) is 0 Å². The smallest absolute Gasteiger partial charge is 0.341 e. The lowest BCUT2D eigenvalue weighted by molar-refractivity contribution is -0.123. The third-order valence-electron chi connectivity index (χ3n) is 3.09. The zero-order valence-electron chi connectivity index (χ0n) is 12.6. The van der Waals surface area contributed by atoms with Crippen molar-refractivity contribution >= 4 is 29.2 Å². The molecule has 0 unspecified atom stereocenters. The van der Waals surface area contributed by atoms with Gasteiger partial charge in [-0.25, -0.2) is 9.18 Å². The van der Waals surface area contributed by atoms with Crippen molar-refractivity contribution in [2.75, 3.05) is 5.32 Å². The molecule has 0 radical (unpaired) electrons. The number of aryl methyl sites for hydroxylation is 1. The van der Waals surface area contributed by atoms with E-state index in [2.05, 4.69) is 5.32 Å². The second kappa shape index (κ2) is 7.24. The highest BCUT2D eigenvalue weighted by Crippen LogP contribution is 2.16. The number of ether oxygens (including phenoxy) is 1. The van der Waals surface area contributed by atoms with Crippen LogP contribution in [0.1, 0.15) is 22.8 Å². The van der Waals surface area contributed by atoms with Crippen LogP contribution in [0.15, 0.2) is 42.5 Å². The molecule has 2 aromatic carbocycles. The fourth-order valence-corrected chi connectivity index (χ4v) is 2.06. The van der Waals surface area contributed by atoms with E-state index < -0.39 is 23.8 Å². The summed E-state index contributed by atoms with van der Waals surface area (Å²) >= 11 is 5.62. The normalized spacial score (nSPS) is 11.7. The van der Waals surface area contributed by atoms with Gasteiger partial charge in [0.2, 0.25) is 0 Å². The number of nitrogens with one attached hydrogen (secondary N) is 1. The van der Waals surface area contributed by atoms with E-state index in [1.54, 1.807) is 18.2 Å². The van der Waals surface area contributed by atoms with Crippen LogP contribution in [0.2, 0.25) is 5.02 Å². The molecule has 0 bridgehead atoms. The number of esters is 1. The molecule has 2 aromatic rings. The Morgan fingerprint density at radius 2 is 1.96 bits per heavy atom. The van der Waals surface area contributed by atoms with Gasteiger partial charge in [0.25, 0.3) is 5.91 Å². The average Bonchev–Trinajstić information content (AvgIpc) is 2.46. The number of halogens is 2. The van der Waals surface area contributed by atoms with Crippen molar-refractivity contribution in [2.45, 2.75) is 20.0 Å². The van der Waals surface area contributed by atoms with Gasteiger partial charge in [0.1, 0.15) is 5.82 Å². The van der Waals surface area contributed by atoms with E-state index in [1.807, 2.05) is 13.0 Å². The van der Waals surface area contributed by atoms with Gasteiger partial charge in [0.15, 0.2) is 6.10 Å². The molecule has 4 nitrogen and oxygen atoms in total. The Morgan fingerprint density at radius 1 is 1.22 bits per heavy atom. The first-order valence-corrected chi connectivity index (χ1v) is 7.28. The molecule has 0 spiro atoms. The van der Waals surface area contributed by atoms with Crippen LogP contribution in [-0.4, -0.2) is 18.0 Å². The van der Waals surface area contributed by atoms with Crippen molar-refractivity contribution in [3.05, 3.63) is 64.4 Å². The molecular weight excluding hydrogens is 321 g/mol. The fraction of sp³-hybridized carbons (Fsp3) is 0.176. The molecule has 1 N–H and O–H groups in total. The van der Waals surface area contributed by atoms with Gasteiger partial charge in [-0.15, -0.1) is 0 Å². The van der Waals surface area contributed by atoms with E-state index >= 15 is 0 Å². The molecule has 6 heteroatoms. The summed E-state index contributed by atoms with van der Waals surface area (Å²) in [6, 6.07) is 10.8. The molecule has 0 aliphatic carbocycles. The summed E-state index contributed by atoms with van der Waals surface area (Å²) in [5, 5.41) is 2.80. The molecule has 0 aliphatic heterocycles. The van der Waals surface area contributed by atoms with Crippen LogP contribution in [0, 0.1) is 12.7 Å². The number of hydrogen-bond acceptors (Lipinski definition) is 3. The summed E-state index contributed by atoms with van der Waals surface area (Å²) in [6.07, 6.45) is -1.07. The van der Waals surface area contributed by atoms with Crippen LogP contribution in [-0.2, 0) is 9.53 Å². The van der Waals surface area contributed by atoms with Gasteiger partial charge in [-0.05, 0) is 49.7 Å². The van der Waals surface area contributed by atoms with Crippen LogP contribution in [0.25, 0.3) is 0 Å². The van der Waals surface area contributed by atoms with Gasteiger partial charge >= 0.3 is 5.97 Å². The molecule has 23 heavy (non-hydrogen) atoms. The Morgan fingerprint density at radius 3 is 2.61 bits per heavy atom. The number of benzene rings is 2. The Balaban J connectivity index is 2.01. The van der Waals surface area contributed by atoms with E-state index in [4.69, 9.17) is 16.3 Å². The minimum atomic E-state index is -1.07. The lowest BCUT2D eigenvalue weighted by atomic mass is 10.2. The summed E-state index contributed by atoms with van der Waals surface area (Å²) in [6.45, 7) is 3.30. The van der Waals surface area contributed by atoms with Crippen molar-refractivity contribution in [3.63, 3.8) is 0 Å². The van der Waals surface area contributed by atoms with Crippen LogP contribution in [0.4, 0.5) is 10.1 Å². The van der Waals surface area contributed by atoms with Crippen molar-refractivity contribution in [3.8, 4) is 0 Å². The predicted molar refractivity (Wildman–Crippen MR) is 86.1 cm³/mol. The first-order chi connectivity index (χ1) is 10.9. The van der Waals surface area contributed by atoms with Crippen LogP contribution in [0.3, 0.4) is 0 Å². The van der Waals surface area contributed by atoms with Gasteiger partial charge in [0.05, 0.1) is 5.56 Å². The van der Waals surface area contributed by atoms with E-state index in [0.29, 0.717) is 5.69 Å². The van der Waals surface area contributed by atoms with E-state index in [-0.39, 0.29) is 10.6 Å². The maximum Gasteiger partial charge on any atom is 0.341 e. The quantitative estimate of drug-likeness (QED) is 0.860. The number of anilines is 1. The zero-order chi connectivity index (χ0) is 17.0. The Bertz CT molecular complexity index is 748. The maximum atomic E-state index is 13.7. The molecular formula is C17H15ClFNO3. The summed E-state index contributed by atoms with van der Waals surface area (Å²) in [5.41, 5.74) is 1.30. The largest absolute Gasteiger partial charge is 0.449 e. The molecule has 120 valence electrons. The average molecular weight is 336 g/mol. The molecule has 0 saturated heterocycles. The minimum absolute atomic E-state index is 0.171. The van der Waals surface area contributed by atoms with E-state index in [1.165, 1.54) is 19.1 Å². The number of carbonyl (C=O) groups excluding carboxylic acids is 2. The van der Waals surface area contributed by atoms with Crippen molar-refractivity contribution < 1.29 is 18.7 Å². The number of carbonyl (C=O) groups is 2.